The molecule has 8 rings (SSSR count). The molecule has 5 aliphatic carbocycles. The second-order valence-electron chi connectivity index (χ2n) is 23.7. The van der Waals surface area contributed by atoms with E-state index in [9.17, 15) is 66.1 Å². The van der Waals surface area contributed by atoms with Crippen LogP contribution in [0.3, 0.4) is 0 Å². The molecular formula is C48H80O19. The first-order valence-corrected chi connectivity index (χ1v) is 24.7. The Bertz CT molecular complexity index is 1790. The van der Waals surface area contributed by atoms with Crippen molar-refractivity contribution in [3.05, 3.63) is 0 Å². The maximum Gasteiger partial charge on any atom is 0.187 e. The highest BCUT2D eigenvalue weighted by molar-refractivity contribution is 5.86. The normalized spacial score (nSPS) is 54.3. The molecule has 8 aliphatic rings. The Kier molecular flexibility index (Phi) is 14.2. The molecule has 26 atom stereocenters. The molecule has 3 aliphatic heterocycles. The molecule has 8 fully saturated rings. The smallest absolute Gasteiger partial charge is 0.187 e. The summed E-state index contributed by atoms with van der Waals surface area (Å²) in [6.45, 7) is 14.1. The highest BCUT2D eigenvalue weighted by Gasteiger charge is 2.84. The van der Waals surface area contributed by atoms with Gasteiger partial charge < -0.3 is 89.7 Å². The average Bonchev–Trinajstić information content (AvgIpc) is 3.86. The Morgan fingerprint density at radius 3 is 1.93 bits per heavy atom. The summed E-state index contributed by atoms with van der Waals surface area (Å²) >= 11 is 0. The average molecular weight is 961 g/mol. The van der Waals surface area contributed by atoms with Gasteiger partial charge in [0.25, 0.3) is 0 Å². The first-order valence-electron chi connectivity index (χ1n) is 24.7. The van der Waals surface area contributed by atoms with E-state index in [2.05, 4.69) is 34.6 Å². The molecule has 0 amide bonds. The number of carbonyl (C=O) groups is 1. The van der Waals surface area contributed by atoms with Crippen LogP contribution in [-0.2, 0) is 33.2 Å². The van der Waals surface area contributed by atoms with Gasteiger partial charge in [0.05, 0.1) is 37.6 Å². The first-order chi connectivity index (χ1) is 31.2. The summed E-state index contributed by atoms with van der Waals surface area (Å²) < 4.78 is 35.9. The number of Topliss-reactive ketones (excluding diaryl/α,β-unsaturated/α-hetero) is 1. The number of aliphatic hydroxyl groups excluding tert-OH is 12. The molecular weight excluding hydrogens is 881 g/mol. The lowest BCUT2D eigenvalue weighted by molar-refractivity contribution is -0.375. The fourth-order valence-corrected chi connectivity index (χ4v) is 15.8. The van der Waals surface area contributed by atoms with Crippen molar-refractivity contribution in [2.75, 3.05) is 13.2 Å². The molecule has 19 nitrogen and oxygen atoms in total. The van der Waals surface area contributed by atoms with Crippen LogP contribution in [0, 0.1) is 50.7 Å². The third-order valence-electron chi connectivity index (χ3n) is 19.7. The van der Waals surface area contributed by atoms with Gasteiger partial charge in [0.1, 0.15) is 72.7 Å². The number of ether oxygens (including phenoxy) is 6. The third-order valence-corrected chi connectivity index (χ3v) is 19.7. The fourth-order valence-electron chi connectivity index (χ4n) is 15.8. The summed E-state index contributed by atoms with van der Waals surface area (Å²) in [6, 6.07) is 0. The van der Waals surface area contributed by atoms with Gasteiger partial charge in [-0.2, -0.15) is 0 Å². The Balaban J connectivity index is 0.956. The Morgan fingerprint density at radius 1 is 0.687 bits per heavy atom. The maximum atomic E-state index is 13.8. The monoisotopic (exact) mass is 961 g/mol. The summed E-state index contributed by atoms with van der Waals surface area (Å²) in [5, 5.41) is 129. The van der Waals surface area contributed by atoms with Crippen molar-refractivity contribution >= 4 is 5.78 Å². The van der Waals surface area contributed by atoms with Crippen molar-refractivity contribution in [1.29, 1.82) is 0 Å². The number of ketones is 1. The van der Waals surface area contributed by atoms with E-state index in [0.717, 1.165) is 25.7 Å². The predicted molar refractivity (Wildman–Crippen MR) is 232 cm³/mol. The maximum absolute atomic E-state index is 13.8. The van der Waals surface area contributed by atoms with Gasteiger partial charge in [-0.1, -0.05) is 34.6 Å². The molecule has 26 unspecified atom stereocenters. The van der Waals surface area contributed by atoms with Crippen LogP contribution in [0.15, 0.2) is 0 Å². The highest BCUT2D eigenvalue weighted by atomic mass is 16.8. The molecule has 3 saturated heterocycles. The Morgan fingerprint density at radius 2 is 1.28 bits per heavy atom. The third kappa shape index (κ3) is 8.04. The second-order valence-corrected chi connectivity index (χ2v) is 23.7. The number of hydrogen-bond acceptors (Lipinski definition) is 19. The SMILES string of the molecule is CC(CCC(=O)C(C)(C)OC1OC(CO)C(O)C(O)C1O)C1C(O)CC2(C)C3C(O)CC4C(C)(C)C(OC5OC(CO)C(O)C(O)C5OC5OC(C)C(O)C(O)C5O)CCC45CC35CCC12C. The summed E-state index contributed by atoms with van der Waals surface area (Å²) in [5.41, 5.74) is -3.12. The van der Waals surface area contributed by atoms with Crippen molar-refractivity contribution in [3.63, 3.8) is 0 Å². The number of carbonyl (C=O) groups excluding carboxylic acids is 1. The lowest BCUT2D eigenvalue weighted by Crippen LogP contribution is -2.65. The molecule has 5 saturated carbocycles. The van der Waals surface area contributed by atoms with Gasteiger partial charge in [-0.15, -0.1) is 0 Å². The first kappa shape index (κ1) is 52.3. The van der Waals surface area contributed by atoms with Gasteiger partial charge in [-0.25, -0.2) is 0 Å². The zero-order valence-corrected chi connectivity index (χ0v) is 40.2. The Hall–Kier alpha value is -1.05. The van der Waals surface area contributed by atoms with Crippen molar-refractivity contribution in [1.82, 2.24) is 0 Å². The van der Waals surface area contributed by atoms with Crippen LogP contribution in [-0.4, -0.2) is 196 Å². The molecule has 0 aromatic carbocycles. The van der Waals surface area contributed by atoms with Crippen molar-refractivity contribution < 1.29 is 94.5 Å². The fraction of sp³-hybridized carbons (Fsp3) is 0.979. The van der Waals surface area contributed by atoms with Crippen molar-refractivity contribution in [2.45, 2.75) is 229 Å². The van der Waals surface area contributed by atoms with Crippen LogP contribution in [0.2, 0.25) is 0 Å². The zero-order valence-electron chi connectivity index (χ0n) is 40.2. The predicted octanol–water partition coefficient (Wildman–Crippen LogP) is -1.02. The van der Waals surface area contributed by atoms with E-state index in [0.29, 0.717) is 25.7 Å². The molecule has 67 heavy (non-hydrogen) atoms. The van der Waals surface area contributed by atoms with E-state index in [1.165, 1.54) is 6.92 Å². The van der Waals surface area contributed by atoms with Crippen LogP contribution in [0.5, 0.6) is 0 Å². The number of hydrogen-bond donors (Lipinski definition) is 12. The molecule has 2 spiro atoms. The Labute approximate surface area is 392 Å². The second kappa shape index (κ2) is 18.2. The van der Waals surface area contributed by atoms with E-state index in [4.69, 9.17) is 28.4 Å². The molecule has 0 aromatic heterocycles. The van der Waals surface area contributed by atoms with Gasteiger partial charge in [0.2, 0.25) is 0 Å². The van der Waals surface area contributed by atoms with E-state index in [-0.39, 0.29) is 52.1 Å². The minimum absolute atomic E-state index is 0.00617. The van der Waals surface area contributed by atoms with Gasteiger partial charge in [0.15, 0.2) is 24.7 Å². The summed E-state index contributed by atoms with van der Waals surface area (Å²) in [5.74, 6) is -0.628. The quantitative estimate of drug-likeness (QED) is 0.0984. The van der Waals surface area contributed by atoms with Gasteiger partial charge in [-0.05, 0) is 123 Å². The molecule has 12 N–H and O–H groups in total. The molecule has 19 heteroatoms. The van der Waals surface area contributed by atoms with Crippen LogP contribution in [0.1, 0.15) is 113 Å². The molecule has 0 radical (unpaired) electrons. The molecule has 386 valence electrons. The lowest BCUT2D eigenvalue weighted by atomic mass is 9.41. The van der Waals surface area contributed by atoms with E-state index >= 15 is 0 Å². The van der Waals surface area contributed by atoms with Crippen LogP contribution in [0.4, 0.5) is 0 Å². The standard InChI is InChI=1S/C48H80O19/c1-20(9-10-27(53)44(5,6)67-41-37(61)34(58)31(55)24(17-49)63-41)29-23(52)16-46(8)39-22(51)15-26-43(3,4)28(11-12-47(26)19-48(39,47)14-13-45(29,46)7)65-42-38(35(59)32(56)25(18-50)64-42)66-40-36(60)33(57)30(54)21(2)62-40/h20-26,28-42,49-52,54-61H,9-19H2,1-8H3. The van der Waals surface area contributed by atoms with Gasteiger partial charge in [-0.3, -0.25) is 4.79 Å². The van der Waals surface area contributed by atoms with Crippen LogP contribution < -0.4 is 0 Å². The summed E-state index contributed by atoms with van der Waals surface area (Å²) in [6.07, 6.45) is -18.2. The topological polar surface area (TPSA) is 315 Å². The molecule has 0 bridgehead atoms. The number of aliphatic hydroxyl groups is 12. The number of rotatable bonds is 13. The minimum atomic E-state index is -1.70. The van der Waals surface area contributed by atoms with Crippen LogP contribution in [0.25, 0.3) is 0 Å². The zero-order chi connectivity index (χ0) is 49.3. The molecule has 0 aromatic rings. The van der Waals surface area contributed by atoms with Crippen molar-refractivity contribution in [3.8, 4) is 0 Å². The van der Waals surface area contributed by atoms with E-state index in [1.807, 2.05) is 0 Å². The van der Waals surface area contributed by atoms with E-state index in [1.54, 1.807) is 13.8 Å². The van der Waals surface area contributed by atoms with Gasteiger partial charge in [0, 0.05) is 6.42 Å². The summed E-state index contributed by atoms with van der Waals surface area (Å²) in [7, 11) is 0. The lowest BCUT2D eigenvalue weighted by Gasteiger charge is -2.64. The number of fused-ring (bicyclic) bond motifs is 2. The molecule has 3 heterocycles. The highest BCUT2D eigenvalue weighted by Crippen LogP contribution is 2.89. The van der Waals surface area contributed by atoms with E-state index < -0.39 is 140 Å². The largest absolute Gasteiger partial charge is 0.394 e. The van der Waals surface area contributed by atoms with Crippen molar-refractivity contribution in [2.24, 2.45) is 50.7 Å². The van der Waals surface area contributed by atoms with Crippen LogP contribution >= 0.6 is 0 Å². The minimum Gasteiger partial charge on any atom is -0.394 e. The van der Waals surface area contributed by atoms with Gasteiger partial charge >= 0.3 is 0 Å². The summed E-state index contributed by atoms with van der Waals surface area (Å²) in [4.78, 5) is 13.8.